The number of aromatic amines is 1. The third-order valence-corrected chi connectivity index (χ3v) is 3.28. The second-order valence-corrected chi connectivity index (χ2v) is 4.24. The summed E-state index contributed by atoms with van der Waals surface area (Å²) < 4.78 is 0. The molecule has 0 saturated heterocycles. The fourth-order valence-corrected chi connectivity index (χ4v) is 2.49. The highest BCUT2D eigenvalue weighted by atomic mass is 14.7. The van der Waals surface area contributed by atoms with Gasteiger partial charge in [0.1, 0.15) is 0 Å². The Hall–Kier alpha value is -2.35. The van der Waals surface area contributed by atoms with Crippen LogP contribution in [0.2, 0.25) is 0 Å². The molecule has 17 heavy (non-hydrogen) atoms. The molecule has 0 amide bonds. The van der Waals surface area contributed by atoms with Gasteiger partial charge in [0, 0.05) is 34.1 Å². The minimum absolute atomic E-state index is 1.05. The number of benzene rings is 1. The van der Waals surface area contributed by atoms with E-state index in [2.05, 4.69) is 46.4 Å². The monoisotopic (exact) mass is 218 g/mol. The summed E-state index contributed by atoms with van der Waals surface area (Å²) in [5, 5.41) is 4.95. The number of nitrogens with one attached hydrogen (secondary N) is 1. The van der Waals surface area contributed by atoms with Crippen LogP contribution in [0.25, 0.3) is 32.6 Å². The lowest BCUT2D eigenvalue weighted by Gasteiger charge is -2.04. The zero-order valence-electron chi connectivity index (χ0n) is 9.14. The third-order valence-electron chi connectivity index (χ3n) is 3.28. The summed E-state index contributed by atoms with van der Waals surface area (Å²) in [4.78, 5) is 7.79. The van der Waals surface area contributed by atoms with Gasteiger partial charge in [-0.15, -0.1) is 0 Å². The van der Waals surface area contributed by atoms with Gasteiger partial charge in [-0.3, -0.25) is 4.98 Å². The second kappa shape index (κ2) is 3.08. The Bertz CT molecular complexity index is 843. The van der Waals surface area contributed by atoms with Crippen LogP contribution in [0, 0.1) is 0 Å². The van der Waals surface area contributed by atoms with Crippen LogP contribution < -0.4 is 0 Å². The quantitative estimate of drug-likeness (QED) is 0.446. The van der Waals surface area contributed by atoms with Crippen molar-refractivity contribution in [1.29, 1.82) is 0 Å². The minimum atomic E-state index is 1.05. The molecule has 0 aliphatic rings. The molecule has 0 fully saturated rings. The maximum atomic E-state index is 4.52. The van der Waals surface area contributed by atoms with Crippen LogP contribution in [0.5, 0.6) is 0 Å². The molecule has 0 radical (unpaired) electrons. The Morgan fingerprint density at radius 1 is 0.882 bits per heavy atom. The summed E-state index contributed by atoms with van der Waals surface area (Å²) in [6, 6.07) is 14.7. The smallest absolute Gasteiger partial charge is 0.0716 e. The first-order chi connectivity index (χ1) is 8.43. The van der Waals surface area contributed by atoms with Gasteiger partial charge in [0.25, 0.3) is 0 Å². The van der Waals surface area contributed by atoms with E-state index in [9.17, 15) is 0 Å². The fraction of sp³-hybridized carbons (Fsp3) is 0. The van der Waals surface area contributed by atoms with Crippen LogP contribution in [0.1, 0.15) is 0 Å². The normalized spacial score (nSPS) is 11.5. The molecule has 0 unspecified atom stereocenters. The molecule has 2 aromatic heterocycles. The fourth-order valence-electron chi connectivity index (χ4n) is 2.49. The zero-order valence-corrected chi connectivity index (χ0v) is 9.14. The van der Waals surface area contributed by atoms with Crippen molar-refractivity contribution in [3.63, 3.8) is 0 Å². The van der Waals surface area contributed by atoms with Gasteiger partial charge in [-0.2, -0.15) is 0 Å². The molecule has 1 N–H and O–H groups in total. The van der Waals surface area contributed by atoms with Gasteiger partial charge in [-0.05, 0) is 23.6 Å². The number of aromatic nitrogens is 2. The highest BCUT2D eigenvalue weighted by Gasteiger charge is 2.05. The topological polar surface area (TPSA) is 28.7 Å². The van der Waals surface area contributed by atoms with Crippen molar-refractivity contribution >= 4 is 32.6 Å². The van der Waals surface area contributed by atoms with Gasteiger partial charge < -0.3 is 4.98 Å². The van der Waals surface area contributed by atoms with E-state index in [1.807, 2.05) is 18.5 Å². The molecule has 2 heteroatoms. The van der Waals surface area contributed by atoms with Gasteiger partial charge in [0.15, 0.2) is 0 Å². The highest BCUT2D eigenvalue weighted by Crippen LogP contribution is 2.30. The molecule has 4 aromatic rings. The number of pyridine rings is 2. The largest absolute Gasteiger partial charge is 0.361 e. The number of rotatable bonds is 0. The van der Waals surface area contributed by atoms with E-state index in [1.54, 1.807) is 0 Å². The average molecular weight is 218 g/mol. The van der Waals surface area contributed by atoms with Crippen molar-refractivity contribution in [1.82, 2.24) is 9.97 Å². The van der Waals surface area contributed by atoms with Crippen LogP contribution in [-0.2, 0) is 0 Å². The summed E-state index contributed by atoms with van der Waals surface area (Å²) >= 11 is 0. The van der Waals surface area contributed by atoms with Crippen LogP contribution in [0.4, 0.5) is 0 Å². The van der Waals surface area contributed by atoms with Gasteiger partial charge >= 0.3 is 0 Å². The molecular formula is C15H10N2. The predicted molar refractivity (Wildman–Crippen MR) is 71.1 cm³/mol. The van der Waals surface area contributed by atoms with Crippen LogP contribution in [0.3, 0.4) is 0 Å². The molecule has 0 aliphatic heterocycles. The van der Waals surface area contributed by atoms with E-state index in [0.717, 1.165) is 11.0 Å². The number of nitrogens with zero attached hydrogens (tertiary/aromatic N) is 1. The molecule has 80 valence electrons. The number of hydrogen-bond donors (Lipinski definition) is 1. The van der Waals surface area contributed by atoms with Crippen LogP contribution >= 0.6 is 0 Å². The molecule has 0 bridgehead atoms. The first-order valence-corrected chi connectivity index (χ1v) is 5.67. The highest BCUT2D eigenvalue weighted by molar-refractivity contribution is 6.18. The molecule has 2 nitrogen and oxygen atoms in total. The Labute approximate surface area is 97.9 Å². The number of H-pyrrole nitrogens is 1. The molecule has 0 spiro atoms. The van der Waals surface area contributed by atoms with E-state index in [4.69, 9.17) is 0 Å². The Balaban J connectivity index is 2.41. The lowest BCUT2D eigenvalue weighted by molar-refractivity contribution is 1.41. The summed E-state index contributed by atoms with van der Waals surface area (Å²) in [7, 11) is 0. The first-order valence-electron chi connectivity index (χ1n) is 5.67. The van der Waals surface area contributed by atoms with Crippen molar-refractivity contribution in [2.75, 3.05) is 0 Å². The lowest BCUT2D eigenvalue weighted by atomic mass is 10.1. The minimum Gasteiger partial charge on any atom is -0.361 e. The summed E-state index contributed by atoms with van der Waals surface area (Å²) in [6.45, 7) is 0. The Morgan fingerprint density at radius 2 is 1.82 bits per heavy atom. The third kappa shape index (κ3) is 1.12. The molecule has 0 atom stereocenters. The molecule has 2 heterocycles. The predicted octanol–water partition coefficient (Wildman–Crippen LogP) is 3.87. The second-order valence-electron chi connectivity index (χ2n) is 4.24. The molecule has 0 saturated carbocycles. The number of fused-ring (bicyclic) bond motifs is 5. The lowest BCUT2D eigenvalue weighted by Crippen LogP contribution is -1.83. The van der Waals surface area contributed by atoms with Gasteiger partial charge in [-0.25, -0.2) is 0 Å². The van der Waals surface area contributed by atoms with Gasteiger partial charge in [0.05, 0.1) is 5.52 Å². The van der Waals surface area contributed by atoms with E-state index in [1.165, 1.54) is 21.5 Å². The van der Waals surface area contributed by atoms with Crippen molar-refractivity contribution < 1.29 is 0 Å². The Morgan fingerprint density at radius 3 is 2.82 bits per heavy atom. The average Bonchev–Trinajstić information content (AvgIpc) is 2.86. The van der Waals surface area contributed by atoms with Crippen LogP contribution in [0.15, 0.2) is 54.9 Å². The molecule has 4 rings (SSSR count). The van der Waals surface area contributed by atoms with Gasteiger partial charge in [-0.1, -0.05) is 24.3 Å². The van der Waals surface area contributed by atoms with E-state index >= 15 is 0 Å². The SMILES string of the molecule is c1cc2cnc3ccc4[nH]cccc4c3c2c1. The number of hydrogen-bond acceptors (Lipinski definition) is 1. The van der Waals surface area contributed by atoms with E-state index < -0.39 is 0 Å². The van der Waals surface area contributed by atoms with Crippen LogP contribution in [-0.4, -0.2) is 9.97 Å². The van der Waals surface area contributed by atoms with E-state index in [0.29, 0.717) is 0 Å². The Kier molecular flexibility index (Phi) is 1.59. The maximum Gasteiger partial charge on any atom is 0.0716 e. The van der Waals surface area contributed by atoms with Crippen molar-refractivity contribution in [3.05, 3.63) is 54.9 Å². The standard InChI is InChI=1S/C15H10N2/c1-3-10-9-17-14-7-6-13-12(5-2-8-16-13)15(14)11(10)4-1/h1-9,16H. The van der Waals surface area contributed by atoms with Crippen molar-refractivity contribution in [2.45, 2.75) is 0 Å². The van der Waals surface area contributed by atoms with Crippen molar-refractivity contribution in [2.24, 2.45) is 0 Å². The van der Waals surface area contributed by atoms with Gasteiger partial charge in [0.2, 0.25) is 0 Å². The maximum absolute atomic E-state index is 4.52. The van der Waals surface area contributed by atoms with Crippen molar-refractivity contribution in [3.8, 4) is 0 Å². The molecular weight excluding hydrogens is 208 g/mol. The van der Waals surface area contributed by atoms with E-state index in [-0.39, 0.29) is 0 Å². The summed E-state index contributed by atoms with van der Waals surface area (Å²) in [6.07, 6.45) is 3.89. The summed E-state index contributed by atoms with van der Waals surface area (Å²) in [5.74, 6) is 0. The molecule has 2 aromatic carbocycles. The zero-order chi connectivity index (χ0) is 11.2. The first kappa shape index (κ1) is 8.76. The molecule has 0 aliphatic carbocycles. The summed E-state index contributed by atoms with van der Waals surface area (Å²) in [5.41, 5.74) is 2.20.